The number of alkyl halides is 1. The molecule has 0 aliphatic carbocycles. The summed E-state index contributed by atoms with van der Waals surface area (Å²) in [6.45, 7) is -0.786. The van der Waals surface area contributed by atoms with Crippen LogP contribution < -0.4 is 5.69 Å². The van der Waals surface area contributed by atoms with Crippen molar-refractivity contribution in [2.24, 2.45) is 7.05 Å². The first-order chi connectivity index (χ1) is 6.15. The van der Waals surface area contributed by atoms with Crippen LogP contribution in [0, 0.1) is 0 Å². The Morgan fingerprint density at radius 2 is 2.54 bits per heavy atom. The molecule has 0 bridgehead atoms. The summed E-state index contributed by atoms with van der Waals surface area (Å²) in [5.74, 6) is 0.189. The van der Waals surface area contributed by atoms with E-state index in [4.69, 9.17) is 5.11 Å². The van der Waals surface area contributed by atoms with Crippen LogP contribution in [0.25, 0.3) is 0 Å². The van der Waals surface area contributed by atoms with Crippen molar-refractivity contribution in [2.45, 2.75) is 11.3 Å². The van der Waals surface area contributed by atoms with Crippen molar-refractivity contribution in [3.63, 3.8) is 0 Å². The van der Waals surface area contributed by atoms with Crippen LogP contribution in [0.1, 0.15) is 0 Å². The Balaban J connectivity index is 2.55. The third-order valence-corrected chi connectivity index (χ3v) is 2.60. The highest BCUT2D eigenvalue weighted by molar-refractivity contribution is 7.99. The summed E-state index contributed by atoms with van der Waals surface area (Å²) in [5, 5.41) is 15.3. The van der Waals surface area contributed by atoms with E-state index >= 15 is 0 Å². The largest absolute Gasteiger partial charge is 0.390 e. The first-order valence-corrected chi connectivity index (χ1v) is 4.62. The Labute approximate surface area is 78.0 Å². The molecule has 0 radical (unpaired) electrons. The van der Waals surface area contributed by atoms with Gasteiger partial charge in [-0.3, -0.25) is 4.57 Å². The minimum Gasteiger partial charge on any atom is -0.390 e. The van der Waals surface area contributed by atoms with E-state index in [1.807, 2.05) is 0 Å². The van der Waals surface area contributed by atoms with Crippen molar-refractivity contribution < 1.29 is 9.50 Å². The SMILES string of the molecule is Cn1c(SCC(O)CF)n[nH]c1=O. The van der Waals surface area contributed by atoms with Crippen LogP contribution in [-0.2, 0) is 7.05 Å². The lowest BCUT2D eigenvalue weighted by atomic mass is 10.5. The van der Waals surface area contributed by atoms with E-state index in [0.29, 0.717) is 5.16 Å². The maximum Gasteiger partial charge on any atom is 0.343 e. The quantitative estimate of drug-likeness (QED) is 0.655. The average molecular weight is 207 g/mol. The molecule has 0 aromatic carbocycles. The van der Waals surface area contributed by atoms with Gasteiger partial charge in [-0.1, -0.05) is 11.8 Å². The Hall–Kier alpha value is -0.820. The molecule has 0 spiro atoms. The van der Waals surface area contributed by atoms with E-state index < -0.39 is 12.8 Å². The highest BCUT2D eigenvalue weighted by atomic mass is 32.2. The fourth-order valence-corrected chi connectivity index (χ4v) is 1.49. The first-order valence-electron chi connectivity index (χ1n) is 3.63. The van der Waals surface area contributed by atoms with Crippen molar-refractivity contribution in [3.8, 4) is 0 Å². The van der Waals surface area contributed by atoms with Crippen LogP contribution in [0.5, 0.6) is 0 Å². The number of aromatic amines is 1. The Bertz CT molecular complexity index is 324. The summed E-state index contributed by atoms with van der Waals surface area (Å²) in [6, 6.07) is 0. The minimum absolute atomic E-state index is 0.189. The lowest BCUT2D eigenvalue weighted by molar-refractivity contribution is 0.162. The number of aromatic nitrogens is 3. The number of halogens is 1. The lowest BCUT2D eigenvalue weighted by Gasteiger charge is -2.03. The van der Waals surface area contributed by atoms with E-state index in [1.54, 1.807) is 7.05 Å². The van der Waals surface area contributed by atoms with Gasteiger partial charge in [0.1, 0.15) is 6.67 Å². The van der Waals surface area contributed by atoms with Crippen LogP contribution in [-0.4, -0.2) is 38.4 Å². The molecule has 7 heteroatoms. The van der Waals surface area contributed by atoms with Crippen LogP contribution in [0.3, 0.4) is 0 Å². The Morgan fingerprint density at radius 3 is 3.00 bits per heavy atom. The number of rotatable bonds is 4. The molecule has 5 nitrogen and oxygen atoms in total. The number of aliphatic hydroxyl groups is 1. The molecular weight excluding hydrogens is 197 g/mol. The van der Waals surface area contributed by atoms with Crippen LogP contribution in [0.4, 0.5) is 4.39 Å². The number of H-pyrrole nitrogens is 1. The van der Waals surface area contributed by atoms with Crippen molar-refractivity contribution in [1.82, 2.24) is 14.8 Å². The second-order valence-electron chi connectivity index (χ2n) is 2.49. The summed E-state index contributed by atoms with van der Waals surface area (Å²) >= 11 is 1.13. The standard InChI is InChI=1S/C6H10FN3O2S/c1-10-5(12)8-9-6(10)13-3-4(11)2-7/h4,11H,2-3H2,1H3,(H,8,12). The third kappa shape index (κ3) is 2.56. The van der Waals surface area contributed by atoms with Gasteiger partial charge in [0.15, 0.2) is 5.16 Å². The van der Waals surface area contributed by atoms with E-state index in [-0.39, 0.29) is 11.4 Å². The molecule has 13 heavy (non-hydrogen) atoms. The number of aliphatic hydroxyl groups excluding tert-OH is 1. The van der Waals surface area contributed by atoms with Crippen molar-refractivity contribution in [3.05, 3.63) is 10.5 Å². The molecule has 0 saturated carbocycles. The average Bonchev–Trinajstić information content (AvgIpc) is 2.44. The Morgan fingerprint density at radius 1 is 1.85 bits per heavy atom. The predicted molar refractivity (Wildman–Crippen MR) is 46.5 cm³/mol. The summed E-state index contributed by atoms with van der Waals surface area (Å²) in [7, 11) is 1.55. The first kappa shape index (κ1) is 10.3. The molecule has 1 aromatic rings. The van der Waals surface area contributed by atoms with Gasteiger partial charge in [0.05, 0.1) is 6.10 Å². The molecule has 0 fully saturated rings. The van der Waals surface area contributed by atoms with Crippen molar-refractivity contribution in [2.75, 3.05) is 12.4 Å². The van der Waals surface area contributed by atoms with Gasteiger partial charge in [-0.05, 0) is 0 Å². The molecular formula is C6H10FN3O2S. The van der Waals surface area contributed by atoms with Gasteiger partial charge in [0, 0.05) is 12.8 Å². The summed E-state index contributed by atoms with van der Waals surface area (Å²) < 4.78 is 13.1. The number of thioether (sulfide) groups is 1. The number of hydrogen-bond donors (Lipinski definition) is 2. The molecule has 1 rings (SSSR count). The molecule has 0 aliphatic rings. The summed E-state index contributed by atoms with van der Waals surface area (Å²) in [6.07, 6.45) is -1.00. The van der Waals surface area contributed by atoms with E-state index in [2.05, 4.69) is 10.2 Å². The number of nitrogens with one attached hydrogen (secondary N) is 1. The molecule has 1 heterocycles. The van der Waals surface area contributed by atoms with Gasteiger partial charge in [0.2, 0.25) is 0 Å². The fourth-order valence-electron chi connectivity index (χ4n) is 0.677. The highest BCUT2D eigenvalue weighted by Crippen LogP contribution is 2.12. The van der Waals surface area contributed by atoms with E-state index in [1.165, 1.54) is 4.57 Å². The van der Waals surface area contributed by atoms with Gasteiger partial charge in [-0.2, -0.15) is 0 Å². The topological polar surface area (TPSA) is 70.9 Å². The minimum atomic E-state index is -1.00. The molecule has 1 atom stereocenters. The van der Waals surface area contributed by atoms with Gasteiger partial charge in [-0.25, -0.2) is 14.3 Å². The monoisotopic (exact) mass is 207 g/mol. The number of hydrogen-bond acceptors (Lipinski definition) is 4. The summed E-state index contributed by atoms with van der Waals surface area (Å²) in [5.41, 5.74) is -0.322. The van der Waals surface area contributed by atoms with Gasteiger partial charge in [-0.15, -0.1) is 5.10 Å². The zero-order chi connectivity index (χ0) is 9.84. The van der Waals surface area contributed by atoms with Crippen LogP contribution in [0.15, 0.2) is 9.95 Å². The second-order valence-corrected chi connectivity index (χ2v) is 3.48. The summed E-state index contributed by atoms with van der Waals surface area (Å²) in [4.78, 5) is 10.8. The molecule has 2 N–H and O–H groups in total. The predicted octanol–water partition coefficient (Wildman–Crippen LogP) is -0.469. The van der Waals surface area contributed by atoms with Gasteiger partial charge >= 0.3 is 5.69 Å². The smallest absolute Gasteiger partial charge is 0.343 e. The van der Waals surface area contributed by atoms with E-state index in [0.717, 1.165) is 11.8 Å². The Kier molecular flexibility index (Phi) is 3.49. The van der Waals surface area contributed by atoms with Gasteiger partial charge in [0.25, 0.3) is 0 Å². The highest BCUT2D eigenvalue weighted by Gasteiger charge is 2.08. The molecule has 1 aromatic heterocycles. The van der Waals surface area contributed by atoms with E-state index in [9.17, 15) is 9.18 Å². The van der Waals surface area contributed by atoms with Crippen LogP contribution in [0.2, 0.25) is 0 Å². The maximum atomic E-state index is 11.8. The fraction of sp³-hybridized carbons (Fsp3) is 0.667. The van der Waals surface area contributed by atoms with Crippen LogP contribution >= 0.6 is 11.8 Å². The molecule has 0 amide bonds. The van der Waals surface area contributed by atoms with Crippen molar-refractivity contribution in [1.29, 1.82) is 0 Å². The molecule has 0 saturated heterocycles. The third-order valence-electron chi connectivity index (χ3n) is 1.42. The second kappa shape index (κ2) is 4.43. The zero-order valence-electron chi connectivity index (χ0n) is 7.03. The maximum absolute atomic E-state index is 11.8. The molecule has 1 unspecified atom stereocenters. The molecule has 74 valence electrons. The lowest BCUT2D eigenvalue weighted by Crippen LogP contribution is -2.15. The zero-order valence-corrected chi connectivity index (χ0v) is 7.84. The van der Waals surface area contributed by atoms with Gasteiger partial charge < -0.3 is 5.11 Å². The number of nitrogens with zero attached hydrogens (tertiary/aromatic N) is 2. The normalized spacial score (nSPS) is 13.2. The van der Waals surface area contributed by atoms with Crippen molar-refractivity contribution >= 4 is 11.8 Å². The molecule has 0 aliphatic heterocycles.